The Balaban J connectivity index is 2.63. The van der Waals surface area contributed by atoms with E-state index in [4.69, 9.17) is 15.6 Å². The zero-order valence-corrected chi connectivity index (χ0v) is 10.6. The first-order valence-corrected chi connectivity index (χ1v) is 6.03. The predicted molar refractivity (Wildman–Crippen MR) is 69.4 cm³/mol. The van der Waals surface area contributed by atoms with Gasteiger partial charge in [-0.1, -0.05) is 25.1 Å². The molecule has 0 heterocycles. The van der Waals surface area contributed by atoms with Crippen LogP contribution in [0.4, 0.5) is 0 Å². The van der Waals surface area contributed by atoms with Crippen LogP contribution in [0.1, 0.15) is 12.5 Å². The van der Waals surface area contributed by atoms with Crippen LogP contribution >= 0.6 is 0 Å². The molecule has 0 saturated carbocycles. The first kappa shape index (κ1) is 14.5. The average Bonchev–Trinajstić information content (AvgIpc) is 2.36. The summed E-state index contributed by atoms with van der Waals surface area (Å²) >= 11 is 0. The maximum absolute atomic E-state index is 11.2. The van der Waals surface area contributed by atoms with E-state index >= 15 is 0 Å². The van der Waals surface area contributed by atoms with Gasteiger partial charge < -0.3 is 20.9 Å². The fraction of sp³-hybridized carbons (Fsp3) is 0.462. The molecule has 0 bridgehead atoms. The minimum absolute atomic E-state index is 0.0623. The van der Waals surface area contributed by atoms with Crippen LogP contribution in [0.2, 0.25) is 0 Å². The third-order valence-corrected chi connectivity index (χ3v) is 2.55. The Hall–Kier alpha value is -1.59. The van der Waals surface area contributed by atoms with Gasteiger partial charge in [-0.15, -0.1) is 0 Å². The minimum Gasteiger partial charge on any atom is -0.491 e. The molecule has 0 aliphatic heterocycles. The fourth-order valence-electron chi connectivity index (χ4n) is 1.63. The third kappa shape index (κ3) is 4.35. The van der Waals surface area contributed by atoms with Gasteiger partial charge in [0.05, 0.1) is 0 Å². The van der Waals surface area contributed by atoms with Gasteiger partial charge >= 0.3 is 0 Å². The lowest BCUT2D eigenvalue weighted by molar-refractivity contribution is -0.120. The average molecular weight is 252 g/mol. The standard InChI is InChI=1S/C13H20N2O3/c1-2-15-11(13(14)17)9-18-12-6-4-3-5-10(12)7-8-16/h3-6,11,15-16H,2,7-9H2,1H3,(H2,14,17). The second-order valence-corrected chi connectivity index (χ2v) is 3.90. The van der Waals surface area contributed by atoms with Crippen molar-refractivity contribution in [2.24, 2.45) is 5.73 Å². The van der Waals surface area contributed by atoms with Gasteiger partial charge in [0, 0.05) is 6.61 Å². The van der Waals surface area contributed by atoms with Gasteiger partial charge in [-0.25, -0.2) is 0 Å². The number of carbonyl (C=O) groups is 1. The maximum Gasteiger partial charge on any atom is 0.238 e. The van der Waals surface area contributed by atoms with Crippen LogP contribution < -0.4 is 15.8 Å². The second kappa shape index (κ2) is 7.68. The molecule has 18 heavy (non-hydrogen) atoms. The smallest absolute Gasteiger partial charge is 0.238 e. The van der Waals surface area contributed by atoms with Crippen LogP contribution in [0.3, 0.4) is 0 Å². The van der Waals surface area contributed by atoms with Crippen LogP contribution in [0, 0.1) is 0 Å². The minimum atomic E-state index is -0.503. The highest BCUT2D eigenvalue weighted by atomic mass is 16.5. The number of carbonyl (C=O) groups excluding carboxylic acids is 1. The van der Waals surface area contributed by atoms with Gasteiger partial charge in [0.25, 0.3) is 0 Å². The molecule has 100 valence electrons. The molecule has 1 aromatic carbocycles. The summed E-state index contributed by atoms with van der Waals surface area (Å²) in [5, 5.41) is 11.9. The molecular weight excluding hydrogens is 232 g/mol. The monoisotopic (exact) mass is 252 g/mol. The number of benzene rings is 1. The third-order valence-electron chi connectivity index (χ3n) is 2.55. The van der Waals surface area contributed by atoms with Crippen molar-refractivity contribution < 1.29 is 14.6 Å². The Morgan fingerprint density at radius 3 is 2.83 bits per heavy atom. The largest absolute Gasteiger partial charge is 0.491 e. The lowest BCUT2D eigenvalue weighted by atomic mass is 10.1. The van der Waals surface area contributed by atoms with E-state index in [1.807, 2.05) is 31.2 Å². The number of likely N-dealkylation sites (N-methyl/N-ethyl adjacent to an activating group) is 1. The van der Waals surface area contributed by atoms with Gasteiger partial charge in [-0.05, 0) is 24.6 Å². The molecule has 1 unspecified atom stereocenters. The molecule has 0 aliphatic rings. The first-order valence-electron chi connectivity index (χ1n) is 6.03. The number of primary amides is 1. The van der Waals surface area contributed by atoms with Crippen LogP contribution in [0.5, 0.6) is 5.75 Å². The highest BCUT2D eigenvalue weighted by Gasteiger charge is 2.15. The van der Waals surface area contributed by atoms with Gasteiger partial charge in [-0.2, -0.15) is 0 Å². The Kier molecular flexibility index (Phi) is 6.18. The van der Waals surface area contributed by atoms with E-state index < -0.39 is 11.9 Å². The van der Waals surface area contributed by atoms with Gasteiger partial charge in [0.1, 0.15) is 18.4 Å². The molecule has 0 fully saturated rings. The molecule has 0 saturated heterocycles. The number of nitrogens with one attached hydrogen (secondary N) is 1. The normalized spacial score (nSPS) is 12.1. The summed E-state index contributed by atoms with van der Waals surface area (Å²) < 4.78 is 5.59. The summed E-state index contributed by atoms with van der Waals surface area (Å²) in [4.78, 5) is 11.2. The van der Waals surface area contributed by atoms with Gasteiger partial charge in [0.15, 0.2) is 0 Å². The number of amides is 1. The number of hydrogen-bond donors (Lipinski definition) is 3. The Labute approximate surface area is 107 Å². The van der Waals surface area contributed by atoms with Crippen molar-refractivity contribution in [2.75, 3.05) is 19.8 Å². The van der Waals surface area contributed by atoms with Crippen molar-refractivity contribution in [1.82, 2.24) is 5.32 Å². The van der Waals surface area contributed by atoms with Crippen molar-refractivity contribution in [3.05, 3.63) is 29.8 Å². The molecular formula is C13H20N2O3. The number of para-hydroxylation sites is 1. The van der Waals surface area contributed by atoms with Crippen molar-refractivity contribution >= 4 is 5.91 Å². The number of ether oxygens (including phenoxy) is 1. The summed E-state index contributed by atoms with van der Waals surface area (Å²) in [6.45, 7) is 2.79. The molecule has 1 rings (SSSR count). The van der Waals surface area contributed by atoms with Gasteiger partial charge in [-0.3, -0.25) is 4.79 Å². The molecule has 0 aliphatic carbocycles. The molecule has 4 N–H and O–H groups in total. The molecule has 5 nitrogen and oxygen atoms in total. The van der Waals surface area contributed by atoms with Crippen LogP contribution in [0.25, 0.3) is 0 Å². The first-order chi connectivity index (χ1) is 8.69. The topological polar surface area (TPSA) is 84.6 Å². The molecule has 0 aromatic heterocycles. The van der Waals surface area contributed by atoms with E-state index in [-0.39, 0.29) is 13.2 Å². The molecule has 5 heteroatoms. The van der Waals surface area contributed by atoms with E-state index in [1.165, 1.54) is 0 Å². The highest BCUT2D eigenvalue weighted by Crippen LogP contribution is 2.18. The summed E-state index contributed by atoms with van der Waals surface area (Å²) in [5.41, 5.74) is 6.18. The Morgan fingerprint density at radius 1 is 1.50 bits per heavy atom. The van der Waals surface area contributed by atoms with Crippen molar-refractivity contribution in [3.8, 4) is 5.75 Å². The lowest BCUT2D eigenvalue weighted by Crippen LogP contribution is -2.45. The quantitative estimate of drug-likeness (QED) is 0.611. The van der Waals surface area contributed by atoms with Crippen LogP contribution in [-0.4, -0.2) is 36.8 Å². The molecule has 1 atom stereocenters. The zero-order chi connectivity index (χ0) is 13.4. The van der Waals surface area contributed by atoms with E-state index in [2.05, 4.69) is 5.32 Å². The lowest BCUT2D eigenvalue weighted by Gasteiger charge is -2.16. The number of hydrogen-bond acceptors (Lipinski definition) is 4. The summed E-state index contributed by atoms with van der Waals surface area (Å²) in [7, 11) is 0. The second-order valence-electron chi connectivity index (χ2n) is 3.90. The summed E-state index contributed by atoms with van der Waals surface area (Å²) in [5.74, 6) is 0.243. The number of aliphatic hydroxyl groups is 1. The van der Waals surface area contributed by atoms with Crippen LogP contribution in [-0.2, 0) is 11.2 Å². The number of rotatable bonds is 8. The van der Waals surface area contributed by atoms with E-state index in [0.29, 0.717) is 18.7 Å². The SMILES string of the molecule is CCNC(COc1ccccc1CCO)C(N)=O. The molecule has 0 radical (unpaired) electrons. The molecule has 0 spiro atoms. The van der Waals surface area contributed by atoms with Crippen molar-refractivity contribution in [1.29, 1.82) is 0 Å². The zero-order valence-electron chi connectivity index (χ0n) is 10.6. The Morgan fingerprint density at radius 2 is 2.22 bits per heavy atom. The molecule has 1 aromatic rings. The van der Waals surface area contributed by atoms with E-state index in [0.717, 1.165) is 5.56 Å². The fourth-order valence-corrected chi connectivity index (χ4v) is 1.63. The Bertz CT molecular complexity index is 382. The predicted octanol–water partition coefficient (Wildman–Crippen LogP) is 0.0636. The van der Waals surface area contributed by atoms with Crippen molar-refractivity contribution in [3.63, 3.8) is 0 Å². The summed E-state index contributed by atoms with van der Waals surface area (Å²) in [6, 6.07) is 6.93. The maximum atomic E-state index is 11.2. The van der Waals surface area contributed by atoms with Crippen LogP contribution in [0.15, 0.2) is 24.3 Å². The van der Waals surface area contributed by atoms with Gasteiger partial charge in [0.2, 0.25) is 5.91 Å². The number of aliphatic hydroxyl groups excluding tert-OH is 1. The van der Waals surface area contributed by atoms with E-state index in [1.54, 1.807) is 0 Å². The van der Waals surface area contributed by atoms with Crippen molar-refractivity contribution in [2.45, 2.75) is 19.4 Å². The summed E-state index contributed by atoms with van der Waals surface area (Å²) in [6.07, 6.45) is 0.526. The number of nitrogens with two attached hydrogens (primary N) is 1. The van der Waals surface area contributed by atoms with E-state index in [9.17, 15) is 4.79 Å². The molecule has 1 amide bonds. The highest BCUT2D eigenvalue weighted by molar-refractivity contribution is 5.80.